The molecule has 0 spiro atoms. The van der Waals surface area contributed by atoms with Gasteiger partial charge in [-0.1, -0.05) is 59.7 Å². The van der Waals surface area contributed by atoms with Crippen molar-refractivity contribution in [3.05, 3.63) is 70.2 Å². The van der Waals surface area contributed by atoms with Gasteiger partial charge in [-0.05, 0) is 107 Å². The van der Waals surface area contributed by atoms with Crippen molar-refractivity contribution >= 4 is 50.3 Å². The monoisotopic (exact) mass is 559 g/mol. The second-order valence-corrected chi connectivity index (χ2v) is 14.5. The fourth-order valence-corrected chi connectivity index (χ4v) is 5.47. The van der Waals surface area contributed by atoms with Crippen LogP contribution in [0, 0.1) is 0 Å². The molecule has 0 atom stereocenters. The highest BCUT2D eigenvalue weighted by Gasteiger charge is 2.51. The Bertz CT molecular complexity index is 1430. The molecule has 194 valence electrons. The lowest BCUT2D eigenvalue weighted by atomic mass is 9.79. The summed E-state index contributed by atoms with van der Waals surface area (Å²) in [6.07, 6.45) is 0. The van der Waals surface area contributed by atoms with Crippen LogP contribution in [0.5, 0.6) is 0 Å². The summed E-state index contributed by atoms with van der Waals surface area (Å²) in [7, 11) is -0.412. The van der Waals surface area contributed by atoms with E-state index in [9.17, 15) is 0 Å². The van der Waals surface area contributed by atoms with Crippen molar-refractivity contribution in [2.45, 2.75) is 91.3 Å². The molecule has 1 aliphatic heterocycles. The summed E-state index contributed by atoms with van der Waals surface area (Å²) >= 11 is 3.87. The van der Waals surface area contributed by atoms with Gasteiger partial charge in [0.15, 0.2) is 0 Å². The van der Waals surface area contributed by atoms with E-state index in [1.807, 2.05) is 0 Å². The maximum absolute atomic E-state index is 6.40. The van der Waals surface area contributed by atoms with E-state index < -0.39 is 7.12 Å². The van der Waals surface area contributed by atoms with Crippen molar-refractivity contribution in [1.29, 1.82) is 0 Å². The second-order valence-electron chi connectivity index (χ2n) is 13.6. The molecule has 1 aliphatic rings. The molecule has 0 N–H and O–H groups in total. The molecule has 0 bridgehead atoms. The summed E-state index contributed by atoms with van der Waals surface area (Å²) < 4.78 is 16.2. The largest absolute Gasteiger partial charge is 0.494 e. The van der Waals surface area contributed by atoms with Crippen molar-refractivity contribution in [3.63, 3.8) is 0 Å². The molecule has 0 unspecified atom stereocenters. The van der Waals surface area contributed by atoms with Gasteiger partial charge in [-0.3, -0.25) is 0 Å². The lowest BCUT2D eigenvalue weighted by Gasteiger charge is -2.32. The smallest absolute Gasteiger partial charge is 0.399 e. The van der Waals surface area contributed by atoms with Crippen LogP contribution < -0.4 is 5.46 Å². The van der Waals surface area contributed by atoms with Gasteiger partial charge >= 0.3 is 7.12 Å². The molecule has 1 aromatic heterocycles. The summed E-state index contributed by atoms with van der Waals surface area (Å²) in [4.78, 5) is 0. The molecule has 0 amide bonds. The van der Waals surface area contributed by atoms with Gasteiger partial charge in [0.2, 0.25) is 0 Å². The Morgan fingerprint density at radius 3 is 1.57 bits per heavy atom. The molecule has 0 aliphatic carbocycles. The first-order valence-electron chi connectivity index (χ1n) is 13.2. The summed E-state index contributed by atoms with van der Waals surface area (Å²) in [5.74, 6) is 0. The van der Waals surface area contributed by atoms with Gasteiger partial charge in [-0.15, -0.1) is 0 Å². The number of aromatic nitrogens is 1. The topological polar surface area (TPSA) is 23.4 Å². The fourth-order valence-electron chi connectivity index (χ4n) is 5.04. The van der Waals surface area contributed by atoms with Crippen LogP contribution in [0.3, 0.4) is 0 Å². The number of fused-ring (bicyclic) bond motifs is 3. The molecule has 3 aromatic carbocycles. The molecule has 1 saturated heterocycles. The third-order valence-electron chi connectivity index (χ3n) is 8.23. The molecule has 0 radical (unpaired) electrons. The summed E-state index contributed by atoms with van der Waals surface area (Å²) in [5.41, 5.74) is 6.54. The third kappa shape index (κ3) is 4.47. The van der Waals surface area contributed by atoms with Crippen molar-refractivity contribution in [3.8, 4) is 5.69 Å². The van der Waals surface area contributed by atoms with E-state index in [0.29, 0.717) is 0 Å². The molecular formula is C32H39BBrNO2. The summed E-state index contributed by atoms with van der Waals surface area (Å²) in [6.45, 7) is 22.0. The highest BCUT2D eigenvalue weighted by atomic mass is 79.9. The van der Waals surface area contributed by atoms with E-state index in [-0.39, 0.29) is 22.0 Å². The Morgan fingerprint density at radius 1 is 0.676 bits per heavy atom. The van der Waals surface area contributed by atoms with Crippen LogP contribution in [0.4, 0.5) is 0 Å². The van der Waals surface area contributed by atoms with Gasteiger partial charge < -0.3 is 13.9 Å². The van der Waals surface area contributed by atoms with Crippen LogP contribution in [0.15, 0.2) is 59.1 Å². The fraction of sp³-hybridized carbons (Fsp3) is 0.438. The van der Waals surface area contributed by atoms with Gasteiger partial charge in [-0.2, -0.15) is 0 Å². The average Bonchev–Trinajstić information content (AvgIpc) is 3.21. The molecule has 37 heavy (non-hydrogen) atoms. The Hall–Kier alpha value is -2.08. The average molecular weight is 560 g/mol. The van der Waals surface area contributed by atoms with E-state index in [4.69, 9.17) is 9.31 Å². The number of nitrogens with zero attached hydrogens (tertiary/aromatic N) is 1. The Morgan fingerprint density at radius 2 is 1.14 bits per heavy atom. The lowest BCUT2D eigenvalue weighted by Crippen LogP contribution is -2.41. The first-order chi connectivity index (χ1) is 17.0. The Labute approximate surface area is 230 Å². The van der Waals surface area contributed by atoms with Gasteiger partial charge in [0.05, 0.1) is 27.9 Å². The standard InChI is InChI=1S/C32H39BBrNO2/c1-29(2,3)20-11-15-26-23(17-20)24-18-21(30(4,5)6)12-16-27(24)35(26)28-19-22(13-14-25(28)34)33-36-31(7,8)32(9,10)37-33/h11-19H,1-10H3. The quantitative estimate of drug-likeness (QED) is 0.230. The van der Waals surface area contributed by atoms with Crippen LogP contribution in [0.25, 0.3) is 27.5 Å². The third-order valence-corrected chi connectivity index (χ3v) is 8.90. The van der Waals surface area contributed by atoms with Gasteiger partial charge in [0.1, 0.15) is 0 Å². The molecule has 1 fully saturated rings. The number of hydrogen-bond acceptors (Lipinski definition) is 2. The van der Waals surface area contributed by atoms with Crippen LogP contribution in [-0.2, 0) is 20.1 Å². The predicted octanol–water partition coefficient (Wildman–Crippen LogP) is 8.44. The van der Waals surface area contributed by atoms with Crippen molar-refractivity contribution in [1.82, 2.24) is 4.57 Å². The summed E-state index contributed by atoms with van der Waals surface area (Å²) in [5, 5.41) is 2.56. The van der Waals surface area contributed by atoms with Crippen LogP contribution in [0.1, 0.15) is 80.4 Å². The van der Waals surface area contributed by atoms with E-state index in [0.717, 1.165) is 15.6 Å². The van der Waals surface area contributed by atoms with Crippen molar-refractivity contribution in [2.75, 3.05) is 0 Å². The van der Waals surface area contributed by atoms with Gasteiger partial charge in [-0.25, -0.2) is 0 Å². The Balaban J connectivity index is 1.77. The summed E-state index contributed by atoms with van der Waals surface area (Å²) in [6, 6.07) is 20.3. The van der Waals surface area contributed by atoms with E-state index in [1.54, 1.807) is 0 Å². The number of rotatable bonds is 2. The van der Waals surface area contributed by atoms with Crippen molar-refractivity contribution < 1.29 is 9.31 Å². The second kappa shape index (κ2) is 8.46. The van der Waals surface area contributed by atoms with Gasteiger partial charge in [0.25, 0.3) is 0 Å². The molecular weight excluding hydrogens is 521 g/mol. The maximum Gasteiger partial charge on any atom is 0.494 e. The highest BCUT2D eigenvalue weighted by molar-refractivity contribution is 9.10. The minimum atomic E-state index is -0.412. The molecule has 4 aromatic rings. The van der Waals surface area contributed by atoms with Crippen LogP contribution in [-0.4, -0.2) is 22.9 Å². The predicted molar refractivity (Wildman–Crippen MR) is 162 cm³/mol. The maximum atomic E-state index is 6.40. The molecule has 5 rings (SSSR count). The van der Waals surface area contributed by atoms with Gasteiger partial charge in [0, 0.05) is 15.2 Å². The van der Waals surface area contributed by atoms with Crippen LogP contribution in [0.2, 0.25) is 0 Å². The minimum Gasteiger partial charge on any atom is -0.399 e. The van der Waals surface area contributed by atoms with Crippen LogP contribution >= 0.6 is 15.9 Å². The molecule has 0 saturated carbocycles. The normalized spacial score (nSPS) is 17.8. The molecule has 5 heteroatoms. The van der Waals surface area contributed by atoms with E-state index >= 15 is 0 Å². The van der Waals surface area contributed by atoms with Crippen molar-refractivity contribution in [2.24, 2.45) is 0 Å². The first-order valence-corrected chi connectivity index (χ1v) is 14.0. The SMILES string of the molecule is CC(C)(C)c1ccc2c(c1)c1cc(C(C)(C)C)ccc1n2-c1cc(B2OC(C)(C)C(C)(C)O2)ccc1Br. The first kappa shape index (κ1) is 26.5. The minimum absolute atomic E-state index is 0.0709. The number of benzene rings is 3. The van der Waals surface area contributed by atoms with E-state index in [1.165, 1.54) is 32.9 Å². The molecule has 3 nitrogen and oxygen atoms in total. The van der Waals surface area contributed by atoms with E-state index in [2.05, 4.69) is 144 Å². The number of hydrogen-bond donors (Lipinski definition) is 0. The highest BCUT2D eigenvalue weighted by Crippen LogP contribution is 2.40. The number of halogens is 1. The Kier molecular flexibility index (Phi) is 6.07. The zero-order valence-electron chi connectivity index (χ0n) is 23.9. The zero-order chi connectivity index (χ0) is 27.1. The zero-order valence-corrected chi connectivity index (χ0v) is 25.5. The molecule has 2 heterocycles. The lowest BCUT2D eigenvalue weighted by molar-refractivity contribution is 0.00578.